The Bertz CT molecular complexity index is 3960. The van der Waals surface area contributed by atoms with Crippen molar-refractivity contribution in [2.24, 2.45) is 69.5 Å². The third kappa shape index (κ3) is 36.8. The fraction of sp³-hybridized carbons (Fsp3) is 0.610. The maximum Gasteiger partial charge on any atom is 0.246 e. The van der Waals surface area contributed by atoms with Crippen LogP contribution in [0.25, 0.3) is 0 Å². The Hall–Kier alpha value is -11.9. The van der Waals surface area contributed by atoms with E-state index in [0.29, 0.717) is 22.6 Å². The van der Waals surface area contributed by atoms with Gasteiger partial charge in [0, 0.05) is 37.4 Å². The summed E-state index contributed by atoms with van der Waals surface area (Å²) in [5.41, 5.74) is 47.1. The van der Waals surface area contributed by atoms with E-state index in [4.69, 9.17) is 55.3 Å². The summed E-state index contributed by atoms with van der Waals surface area (Å²) in [6.45, 7) is 12.1. The van der Waals surface area contributed by atoms with Crippen molar-refractivity contribution in [3.8, 4) is 11.5 Å². The van der Waals surface area contributed by atoms with Crippen LogP contribution in [0.15, 0.2) is 48.5 Å². The van der Waals surface area contributed by atoms with Crippen molar-refractivity contribution in [3.05, 3.63) is 59.7 Å². The van der Waals surface area contributed by atoms with Crippen molar-refractivity contribution >= 4 is 140 Å². The van der Waals surface area contributed by atoms with Crippen LogP contribution in [0, 0.1) is 23.7 Å². The van der Waals surface area contributed by atoms with Gasteiger partial charge in [-0.2, -0.15) is 0 Å². The van der Waals surface area contributed by atoms with Crippen LogP contribution in [0.1, 0.15) is 156 Å². The normalized spacial score (nSPS) is 16.8. The van der Waals surface area contributed by atoms with Crippen LogP contribution in [0.3, 0.4) is 0 Å². The molecule has 2 fully saturated rings. The lowest BCUT2D eigenvalue weighted by Crippen LogP contribution is -2.61. The average molecular weight is 1840 g/mol. The van der Waals surface area contributed by atoms with Crippen LogP contribution in [-0.2, 0) is 109 Å². The monoisotopic (exact) mass is 1840 g/mol. The highest BCUT2D eigenvalue weighted by molar-refractivity contribution is 8.76. The van der Waals surface area contributed by atoms with E-state index in [-0.39, 0.29) is 89.1 Å². The minimum absolute atomic E-state index is 0.0204. The minimum Gasteiger partial charge on any atom is -0.497 e. The van der Waals surface area contributed by atoms with Crippen LogP contribution in [-0.4, -0.2) is 264 Å². The predicted molar refractivity (Wildman–Crippen MR) is 470 cm³/mol. The number of hydrogen-bond acceptors (Lipinski definition) is 26. The summed E-state index contributed by atoms with van der Waals surface area (Å²) in [5.74, 6) is -21.8. The molecule has 128 heavy (non-hydrogen) atoms. The maximum absolute atomic E-state index is 15.5. The molecule has 20 amide bonds. The molecule has 2 heterocycles. The predicted octanol–water partition coefficient (Wildman–Crippen LogP) is -5.98. The average Bonchev–Trinajstić information content (AvgIpc) is 1.79. The Balaban J connectivity index is 1.84. The quantitative estimate of drug-likeness (QED) is 0.0217. The van der Waals surface area contributed by atoms with Gasteiger partial charge in [-0.1, -0.05) is 114 Å². The Labute approximate surface area is 750 Å². The van der Waals surface area contributed by atoms with Gasteiger partial charge >= 0.3 is 0 Å². The van der Waals surface area contributed by atoms with E-state index in [1.54, 1.807) is 104 Å². The second-order valence-corrected chi connectivity index (χ2v) is 35.0. The van der Waals surface area contributed by atoms with Crippen molar-refractivity contribution < 1.29 is 105 Å². The standard InChI is InChI=1S/C82H128N22O22S2/c1-11-43(7)67(101-69(111)49(83)33-45-17-21-47(125-9)22-18-45)79(121)93-51(25-27-61(85)105)73(115)95-55(35-63(87)107)75(117)99-57(81(123)103-29-13-15-59(103)77(119)97-53(31-41(3)4)71(113)91-37-65(89)109)39-127-128-40-58(82(124)104-30-14-16-60(104)78(120)98-54(32-42(5)6)72(114)92-38-66(90)110)100-76(118)56(36-64(88)108)96-74(116)52(26-28-62(86)106)94-80(122)68(44(8)12-2)102-70(112)50(84)34-46-19-23-48(126-10)24-20-46/h17-24,41-44,49-60,67-68H,11-16,25-40,83-84H2,1-10H3,(H2,85,105)(H2,86,106)(H2,87,107)(H2,88,108)(H2,89,109)(H2,90,110)(H,91,113)(H,92,114)(H,93,121)(H,94,122)(H,95,115)(H,96,116)(H,97,119)(H,98,120)(H,99,117)(H,100,118)(H,101,111)(H,102,112)/t43-,44-,49-,50-,51-,52-,53-,54-,55-,56-,57-,58-,59-,60-,67-,68-/m0/s1. The Morgan fingerprint density at radius 1 is 0.383 bits per heavy atom. The topological polar surface area (TPSA) is 719 Å². The summed E-state index contributed by atoms with van der Waals surface area (Å²) in [5, 5.41) is 30.1. The Morgan fingerprint density at radius 2 is 0.695 bits per heavy atom. The summed E-state index contributed by atoms with van der Waals surface area (Å²) in [6.07, 6.45) is -3.34. The number of rotatable bonds is 57. The Kier molecular flexibility index (Phi) is 46.0. The summed E-state index contributed by atoms with van der Waals surface area (Å²) in [6, 6.07) is -8.38. The van der Waals surface area contributed by atoms with E-state index in [1.165, 1.54) is 14.2 Å². The first-order chi connectivity index (χ1) is 60.3. The molecule has 4 rings (SSSR count). The van der Waals surface area contributed by atoms with Crippen molar-refractivity contribution in [2.75, 3.05) is 51.9 Å². The SMILES string of the molecule is CC[C@H](C)[C@H](NC(=O)[C@@H](N)Cc1ccc(OC)cc1)C(=O)N[C@@H](CCC(N)=O)C(=O)N[C@@H](CC(N)=O)C(=O)N[C@@H](CSSC[C@H](NC(=O)[C@H](CC(N)=O)NC(=O)[C@H](CCC(N)=O)NC(=O)[C@@H](NC(=O)[C@@H](N)Cc1ccc(OC)cc1)[C@@H](C)CC)C(=O)N1CCC[C@H]1C(=O)N[C@@H](CC(C)C)C(=O)NCC(N)=O)C(=O)N1CCC[C@H]1C(=O)N[C@@H](CC(C)C)C(=O)NCC(N)=O. The molecule has 2 saturated heterocycles. The molecule has 28 N–H and O–H groups in total. The zero-order valence-electron chi connectivity index (χ0n) is 73.9. The zero-order valence-corrected chi connectivity index (χ0v) is 75.5. The first-order valence-electron chi connectivity index (χ1n) is 42.2. The van der Waals surface area contributed by atoms with Crippen LogP contribution in [0.4, 0.5) is 0 Å². The first kappa shape index (κ1) is 108. The molecule has 2 aromatic carbocycles. The molecular weight excluding hydrogens is 1710 g/mol. The number of ether oxygens (including phenoxy) is 2. The molecule has 44 nitrogen and oxygen atoms in total. The van der Waals surface area contributed by atoms with E-state index < -0.39 is 278 Å². The van der Waals surface area contributed by atoms with E-state index >= 15 is 19.2 Å². The zero-order chi connectivity index (χ0) is 95.9. The molecule has 0 aliphatic carbocycles. The number of likely N-dealkylation sites (tertiary alicyclic amines) is 2. The van der Waals surface area contributed by atoms with Crippen LogP contribution in [0.5, 0.6) is 11.5 Å². The number of carbonyl (C=O) groups excluding carboxylic acids is 20. The molecule has 16 atom stereocenters. The van der Waals surface area contributed by atoms with Gasteiger partial charge in [-0.25, -0.2) is 0 Å². The van der Waals surface area contributed by atoms with E-state index in [0.717, 1.165) is 31.4 Å². The first-order valence-corrected chi connectivity index (χ1v) is 44.7. The van der Waals surface area contributed by atoms with Crippen molar-refractivity contribution in [1.82, 2.24) is 73.6 Å². The van der Waals surface area contributed by atoms with Crippen LogP contribution >= 0.6 is 21.6 Å². The lowest BCUT2D eigenvalue weighted by molar-refractivity contribution is -0.142. The third-order valence-electron chi connectivity index (χ3n) is 21.2. The van der Waals surface area contributed by atoms with E-state index in [9.17, 15) is 76.7 Å². The van der Waals surface area contributed by atoms with Gasteiger partial charge in [0.1, 0.15) is 84.0 Å². The van der Waals surface area contributed by atoms with Gasteiger partial charge in [-0.3, -0.25) is 95.9 Å². The number of nitrogens with zero attached hydrogens (tertiary/aromatic N) is 2. The fourth-order valence-corrected chi connectivity index (χ4v) is 16.1. The largest absolute Gasteiger partial charge is 0.497 e. The number of hydrogen-bond donors (Lipinski definition) is 20. The molecule has 2 aromatic rings. The van der Waals surface area contributed by atoms with Gasteiger partial charge in [0.05, 0.1) is 52.2 Å². The lowest BCUT2D eigenvalue weighted by Gasteiger charge is -2.31. The molecule has 46 heteroatoms. The highest BCUT2D eigenvalue weighted by atomic mass is 33.1. The molecule has 710 valence electrons. The number of amides is 20. The highest BCUT2D eigenvalue weighted by Crippen LogP contribution is 2.29. The summed E-state index contributed by atoms with van der Waals surface area (Å²) in [4.78, 5) is 279. The molecule has 0 saturated carbocycles. The smallest absolute Gasteiger partial charge is 0.246 e. The Morgan fingerprint density at radius 3 is 0.984 bits per heavy atom. The molecule has 2 aliphatic rings. The third-order valence-corrected chi connectivity index (χ3v) is 23.6. The number of benzene rings is 2. The van der Waals surface area contributed by atoms with Gasteiger partial charge in [-0.15, -0.1) is 0 Å². The number of nitrogens with one attached hydrogen (secondary N) is 12. The van der Waals surface area contributed by atoms with Crippen molar-refractivity contribution in [3.63, 3.8) is 0 Å². The van der Waals surface area contributed by atoms with Crippen molar-refractivity contribution in [2.45, 2.75) is 243 Å². The van der Waals surface area contributed by atoms with Gasteiger partial charge in [0.25, 0.3) is 0 Å². The van der Waals surface area contributed by atoms with E-state index in [1.807, 2.05) is 0 Å². The van der Waals surface area contributed by atoms with Crippen LogP contribution in [0.2, 0.25) is 0 Å². The number of nitrogens with two attached hydrogens (primary N) is 8. The molecule has 2 aliphatic heterocycles. The van der Waals surface area contributed by atoms with Gasteiger partial charge in [0.15, 0.2) is 0 Å². The van der Waals surface area contributed by atoms with Gasteiger partial charge < -0.3 is 129 Å². The second-order valence-electron chi connectivity index (χ2n) is 32.5. The molecule has 0 aromatic heterocycles. The summed E-state index contributed by atoms with van der Waals surface area (Å²) in [7, 11) is 4.39. The molecular formula is C82H128N22O22S2. The van der Waals surface area contributed by atoms with Gasteiger partial charge in [-0.05, 0) is 123 Å². The molecule has 0 spiro atoms. The van der Waals surface area contributed by atoms with E-state index in [2.05, 4.69) is 63.8 Å². The maximum atomic E-state index is 15.5. The molecule has 0 unspecified atom stereocenters. The number of methoxy groups -OCH3 is 2. The second kappa shape index (κ2) is 54.3. The van der Waals surface area contributed by atoms with Gasteiger partial charge in [0.2, 0.25) is 118 Å². The number of carbonyl (C=O) groups is 20. The highest BCUT2D eigenvalue weighted by Gasteiger charge is 2.44. The molecule has 0 radical (unpaired) electrons. The molecule has 0 bridgehead atoms. The summed E-state index contributed by atoms with van der Waals surface area (Å²) < 4.78 is 10.4. The van der Waals surface area contributed by atoms with Crippen LogP contribution < -0.4 is 119 Å². The fourth-order valence-electron chi connectivity index (χ4n) is 13.8. The minimum atomic E-state index is -2.04. The number of primary amides is 6. The van der Waals surface area contributed by atoms with Crippen molar-refractivity contribution in [1.29, 1.82) is 0 Å². The lowest BCUT2D eigenvalue weighted by atomic mass is 9.96. The summed E-state index contributed by atoms with van der Waals surface area (Å²) >= 11 is 0.